The Bertz CT molecular complexity index is 598. The van der Waals surface area contributed by atoms with Crippen LogP contribution in [0.1, 0.15) is 45.0 Å². The van der Waals surface area contributed by atoms with Crippen LogP contribution in [0.2, 0.25) is 5.15 Å². The SMILES string of the molecule is Cc1nn(C(C)(C)C)cc1C(C)Nc1ccnc(Cl)c1. The number of aromatic nitrogens is 3. The van der Waals surface area contributed by atoms with E-state index < -0.39 is 0 Å². The van der Waals surface area contributed by atoms with Crippen molar-refractivity contribution in [2.24, 2.45) is 0 Å². The molecule has 108 valence electrons. The van der Waals surface area contributed by atoms with Gasteiger partial charge in [0.2, 0.25) is 0 Å². The molecule has 0 radical (unpaired) electrons. The van der Waals surface area contributed by atoms with Crippen LogP contribution in [0.5, 0.6) is 0 Å². The highest BCUT2D eigenvalue weighted by Crippen LogP contribution is 2.24. The van der Waals surface area contributed by atoms with Gasteiger partial charge in [-0.3, -0.25) is 4.68 Å². The third-order valence-electron chi connectivity index (χ3n) is 3.20. The van der Waals surface area contributed by atoms with E-state index in [4.69, 9.17) is 11.6 Å². The molecular weight excluding hydrogens is 272 g/mol. The van der Waals surface area contributed by atoms with Gasteiger partial charge in [0.15, 0.2) is 0 Å². The highest BCUT2D eigenvalue weighted by Gasteiger charge is 2.19. The topological polar surface area (TPSA) is 42.7 Å². The molecule has 0 bridgehead atoms. The summed E-state index contributed by atoms with van der Waals surface area (Å²) < 4.78 is 2.01. The van der Waals surface area contributed by atoms with Crippen molar-refractivity contribution in [2.75, 3.05) is 5.32 Å². The lowest BCUT2D eigenvalue weighted by atomic mass is 10.1. The van der Waals surface area contributed by atoms with E-state index in [2.05, 4.69) is 49.3 Å². The fraction of sp³-hybridized carbons (Fsp3) is 0.467. The zero-order valence-corrected chi connectivity index (χ0v) is 13.4. The third-order valence-corrected chi connectivity index (χ3v) is 3.41. The zero-order valence-electron chi connectivity index (χ0n) is 12.6. The molecule has 20 heavy (non-hydrogen) atoms. The Morgan fingerprint density at radius 3 is 2.60 bits per heavy atom. The van der Waals surface area contributed by atoms with E-state index in [9.17, 15) is 0 Å². The van der Waals surface area contributed by atoms with Crippen LogP contribution in [0.25, 0.3) is 0 Å². The predicted molar refractivity (Wildman–Crippen MR) is 83.2 cm³/mol. The van der Waals surface area contributed by atoms with Gasteiger partial charge in [-0.2, -0.15) is 5.10 Å². The first kappa shape index (κ1) is 14.9. The molecule has 1 N–H and O–H groups in total. The van der Waals surface area contributed by atoms with Crippen molar-refractivity contribution in [1.29, 1.82) is 0 Å². The first-order valence-corrected chi connectivity index (χ1v) is 7.10. The number of pyridine rings is 1. The van der Waals surface area contributed by atoms with E-state index in [1.165, 1.54) is 5.56 Å². The van der Waals surface area contributed by atoms with Crippen LogP contribution in [-0.2, 0) is 5.54 Å². The number of halogens is 1. The quantitative estimate of drug-likeness (QED) is 0.864. The Morgan fingerprint density at radius 2 is 2.05 bits per heavy atom. The van der Waals surface area contributed by atoms with Crippen molar-refractivity contribution < 1.29 is 0 Å². The second-order valence-electron chi connectivity index (χ2n) is 6.02. The Kier molecular flexibility index (Phi) is 4.04. The predicted octanol–water partition coefficient (Wildman–Crippen LogP) is 4.17. The van der Waals surface area contributed by atoms with Crippen LogP contribution in [-0.4, -0.2) is 14.8 Å². The van der Waals surface area contributed by atoms with Crippen LogP contribution in [0.3, 0.4) is 0 Å². The highest BCUT2D eigenvalue weighted by molar-refractivity contribution is 6.29. The highest BCUT2D eigenvalue weighted by atomic mass is 35.5. The zero-order chi connectivity index (χ0) is 14.9. The molecule has 0 spiro atoms. The molecule has 2 aromatic heterocycles. The minimum atomic E-state index is -0.0112. The van der Waals surface area contributed by atoms with Gasteiger partial charge >= 0.3 is 0 Å². The molecule has 1 atom stereocenters. The normalized spacial score (nSPS) is 13.3. The maximum absolute atomic E-state index is 5.90. The van der Waals surface area contributed by atoms with E-state index in [-0.39, 0.29) is 11.6 Å². The van der Waals surface area contributed by atoms with Gasteiger partial charge in [0, 0.05) is 23.6 Å². The Hall–Kier alpha value is -1.55. The summed E-state index contributed by atoms with van der Waals surface area (Å²) in [5.41, 5.74) is 3.18. The minimum absolute atomic E-state index is 0.0112. The molecule has 4 nitrogen and oxygen atoms in total. The molecule has 5 heteroatoms. The van der Waals surface area contributed by atoms with Crippen molar-refractivity contribution in [3.8, 4) is 0 Å². The molecule has 0 saturated carbocycles. The van der Waals surface area contributed by atoms with Crippen molar-refractivity contribution in [3.63, 3.8) is 0 Å². The number of rotatable bonds is 3. The average Bonchev–Trinajstić information content (AvgIpc) is 2.71. The van der Waals surface area contributed by atoms with Crippen molar-refractivity contribution in [2.45, 2.75) is 46.2 Å². The van der Waals surface area contributed by atoms with Crippen LogP contribution >= 0.6 is 11.6 Å². The standard InChI is InChI=1S/C15H21ClN4/c1-10(18-12-6-7-17-14(16)8-12)13-9-20(15(3,4)5)19-11(13)2/h6-10H,1-5H3,(H,17,18). The largest absolute Gasteiger partial charge is 0.378 e. The van der Waals surface area contributed by atoms with E-state index in [0.29, 0.717) is 5.15 Å². The van der Waals surface area contributed by atoms with Crippen LogP contribution in [0.4, 0.5) is 5.69 Å². The molecule has 1 unspecified atom stereocenters. The first-order valence-electron chi connectivity index (χ1n) is 6.72. The number of nitrogens with zero attached hydrogens (tertiary/aromatic N) is 3. The minimum Gasteiger partial charge on any atom is -0.378 e. The van der Waals surface area contributed by atoms with Crippen LogP contribution in [0.15, 0.2) is 24.5 Å². The van der Waals surface area contributed by atoms with Gasteiger partial charge in [-0.25, -0.2) is 4.98 Å². The average molecular weight is 293 g/mol. The van der Waals surface area contributed by atoms with Crippen LogP contribution < -0.4 is 5.32 Å². The number of nitrogens with one attached hydrogen (secondary N) is 1. The summed E-state index contributed by atoms with van der Waals surface area (Å²) in [6.45, 7) is 10.6. The molecule has 0 aliphatic carbocycles. The van der Waals surface area contributed by atoms with Crippen molar-refractivity contribution in [1.82, 2.24) is 14.8 Å². The fourth-order valence-electron chi connectivity index (χ4n) is 2.06. The van der Waals surface area contributed by atoms with Gasteiger partial charge in [-0.1, -0.05) is 11.6 Å². The molecule has 2 heterocycles. The van der Waals surface area contributed by atoms with Crippen LogP contribution in [0, 0.1) is 6.92 Å². The van der Waals surface area contributed by atoms with Gasteiger partial charge in [0.25, 0.3) is 0 Å². The Labute approximate surface area is 125 Å². The fourth-order valence-corrected chi connectivity index (χ4v) is 2.24. The lowest BCUT2D eigenvalue weighted by Gasteiger charge is -2.19. The van der Waals surface area contributed by atoms with E-state index >= 15 is 0 Å². The summed E-state index contributed by atoms with van der Waals surface area (Å²) in [6, 6.07) is 3.89. The number of hydrogen-bond acceptors (Lipinski definition) is 3. The maximum atomic E-state index is 5.90. The molecule has 0 aromatic carbocycles. The smallest absolute Gasteiger partial charge is 0.131 e. The number of aryl methyl sites for hydroxylation is 1. The summed E-state index contributed by atoms with van der Waals surface area (Å²) in [7, 11) is 0. The summed E-state index contributed by atoms with van der Waals surface area (Å²) in [5, 5.41) is 8.52. The molecule has 2 rings (SSSR count). The Balaban J connectivity index is 2.21. The lowest BCUT2D eigenvalue weighted by molar-refractivity contribution is 0.354. The second kappa shape index (κ2) is 5.44. The van der Waals surface area contributed by atoms with Gasteiger partial charge in [0.1, 0.15) is 5.15 Å². The maximum Gasteiger partial charge on any atom is 0.131 e. The van der Waals surface area contributed by atoms with Gasteiger partial charge in [0.05, 0.1) is 17.3 Å². The van der Waals surface area contributed by atoms with E-state index in [0.717, 1.165) is 11.4 Å². The summed E-state index contributed by atoms with van der Waals surface area (Å²) in [5.74, 6) is 0. The molecule has 0 aliphatic rings. The lowest BCUT2D eigenvalue weighted by Crippen LogP contribution is -2.22. The van der Waals surface area contributed by atoms with E-state index in [1.807, 2.05) is 23.7 Å². The Morgan fingerprint density at radius 1 is 1.35 bits per heavy atom. The van der Waals surface area contributed by atoms with Crippen molar-refractivity contribution >= 4 is 17.3 Å². The molecule has 0 saturated heterocycles. The number of anilines is 1. The summed E-state index contributed by atoms with van der Waals surface area (Å²) in [4.78, 5) is 3.98. The summed E-state index contributed by atoms with van der Waals surface area (Å²) >= 11 is 5.90. The van der Waals surface area contributed by atoms with Gasteiger partial charge in [-0.15, -0.1) is 0 Å². The summed E-state index contributed by atoms with van der Waals surface area (Å²) in [6.07, 6.45) is 3.80. The van der Waals surface area contributed by atoms with Crippen molar-refractivity contribution in [3.05, 3.63) is 40.9 Å². The number of hydrogen-bond donors (Lipinski definition) is 1. The third kappa shape index (κ3) is 3.31. The molecule has 2 aromatic rings. The van der Waals surface area contributed by atoms with Gasteiger partial charge in [-0.05, 0) is 46.8 Å². The molecular formula is C15H21ClN4. The molecule has 0 amide bonds. The second-order valence-corrected chi connectivity index (χ2v) is 6.41. The molecule has 0 fully saturated rings. The van der Waals surface area contributed by atoms with Gasteiger partial charge < -0.3 is 5.32 Å². The molecule has 0 aliphatic heterocycles. The first-order chi connectivity index (χ1) is 9.27. The van der Waals surface area contributed by atoms with E-state index in [1.54, 1.807) is 6.20 Å². The monoisotopic (exact) mass is 292 g/mol.